The summed E-state index contributed by atoms with van der Waals surface area (Å²) in [5.74, 6) is 1.97. The van der Waals surface area contributed by atoms with Gasteiger partial charge in [-0.05, 0) is 24.7 Å². The minimum Gasteiger partial charge on any atom is -0.0891 e. The van der Waals surface area contributed by atoms with Crippen LogP contribution in [0.25, 0.3) is 0 Å². The van der Waals surface area contributed by atoms with Crippen LogP contribution < -0.4 is 0 Å². The Bertz CT molecular complexity index is 120. The normalized spacial score (nSPS) is 34.2. The number of hydrogen-bond acceptors (Lipinski definition) is 0. The molecule has 0 aromatic rings. The Kier molecular flexibility index (Phi) is 4.63. The zero-order valence-corrected chi connectivity index (χ0v) is 9.94. The smallest absolute Gasteiger partial charge is 0.0145 e. The lowest BCUT2D eigenvalue weighted by Gasteiger charge is -2.16. The molecule has 1 fully saturated rings. The molecule has 0 saturated heterocycles. The summed E-state index contributed by atoms with van der Waals surface area (Å²) in [5.41, 5.74) is 0. The van der Waals surface area contributed by atoms with Gasteiger partial charge in [0, 0.05) is 4.83 Å². The third-order valence-corrected chi connectivity index (χ3v) is 4.11. The van der Waals surface area contributed by atoms with Gasteiger partial charge < -0.3 is 0 Å². The van der Waals surface area contributed by atoms with E-state index in [9.17, 15) is 0 Å². The van der Waals surface area contributed by atoms with E-state index in [4.69, 9.17) is 0 Å². The minimum absolute atomic E-state index is 0.730. The number of alkyl halides is 1. The van der Waals surface area contributed by atoms with E-state index in [1.807, 2.05) is 0 Å². The highest BCUT2D eigenvalue weighted by Crippen LogP contribution is 2.32. The number of rotatable bonds is 2. The number of halogens is 1. The molecule has 3 atom stereocenters. The molecule has 0 radical (unpaired) electrons. The van der Waals surface area contributed by atoms with Crippen molar-refractivity contribution in [2.24, 2.45) is 11.8 Å². The molecule has 1 aliphatic rings. The summed E-state index contributed by atoms with van der Waals surface area (Å²) in [6.45, 7) is 4.64. The fourth-order valence-corrected chi connectivity index (χ4v) is 2.80. The molecule has 0 aromatic carbocycles. The summed E-state index contributed by atoms with van der Waals surface area (Å²) < 4.78 is 0. The van der Waals surface area contributed by atoms with Crippen LogP contribution in [0.15, 0.2) is 0 Å². The first-order valence-corrected chi connectivity index (χ1v) is 6.29. The lowest BCUT2D eigenvalue weighted by Crippen LogP contribution is -2.09. The second-order valence-corrected chi connectivity index (χ2v) is 5.66. The molecule has 0 heterocycles. The maximum absolute atomic E-state index is 3.71. The SMILES string of the molecule is CCC1CCCC(C(C)Br)CC1. The van der Waals surface area contributed by atoms with Crippen LogP contribution in [0.3, 0.4) is 0 Å². The topological polar surface area (TPSA) is 0 Å². The second kappa shape index (κ2) is 5.26. The molecule has 0 N–H and O–H groups in total. The predicted molar refractivity (Wildman–Crippen MR) is 58.7 cm³/mol. The van der Waals surface area contributed by atoms with Crippen molar-refractivity contribution in [3.05, 3.63) is 0 Å². The molecule has 3 unspecified atom stereocenters. The van der Waals surface area contributed by atoms with Gasteiger partial charge in [-0.1, -0.05) is 55.5 Å². The molecule has 1 aliphatic carbocycles. The average Bonchev–Trinajstić information content (AvgIpc) is 2.28. The molecule has 1 saturated carbocycles. The molecule has 0 amide bonds. The third-order valence-electron chi connectivity index (χ3n) is 3.36. The minimum atomic E-state index is 0.730. The lowest BCUT2D eigenvalue weighted by molar-refractivity contribution is 0.423. The Morgan fingerprint density at radius 3 is 2.58 bits per heavy atom. The van der Waals surface area contributed by atoms with Crippen LogP contribution in [-0.4, -0.2) is 4.83 Å². The standard InChI is InChI=1S/C11H21Br/c1-3-10-5-4-6-11(8-7-10)9(2)12/h9-11H,3-8H2,1-2H3. The van der Waals surface area contributed by atoms with Crippen molar-refractivity contribution in [3.63, 3.8) is 0 Å². The molecule has 1 heteroatoms. The monoisotopic (exact) mass is 232 g/mol. The van der Waals surface area contributed by atoms with E-state index in [-0.39, 0.29) is 0 Å². The highest BCUT2D eigenvalue weighted by atomic mass is 79.9. The highest BCUT2D eigenvalue weighted by molar-refractivity contribution is 9.09. The van der Waals surface area contributed by atoms with E-state index >= 15 is 0 Å². The Morgan fingerprint density at radius 1 is 1.25 bits per heavy atom. The van der Waals surface area contributed by atoms with Gasteiger partial charge in [-0.15, -0.1) is 0 Å². The van der Waals surface area contributed by atoms with Crippen LogP contribution >= 0.6 is 15.9 Å². The van der Waals surface area contributed by atoms with Crippen LogP contribution in [0, 0.1) is 11.8 Å². The number of hydrogen-bond donors (Lipinski definition) is 0. The van der Waals surface area contributed by atoms with Crippen LogP contribution in [0.4, 0.5) is 0 Å². The van der Waals surface area contributed by atoms with Crippen LogP contribution in [-0.2, 0) is 0 Å². The van der Waals surface area contributed by atoms with E-state index < -0.39 is 0 Å². The second-order valence-electron chi connectivity index (χ2n) is 4.22. The van der Waals surface area contributed by atoms with Crippen molar-refractivity contribution in [1.29, 1.82) is 0 Å². The average molecular weight is 233 g/mol. The van der Waals surface area contributed by atoms with Gasteiger partial charge in [-0.25, -0.2) is 0 Å². The van der Waals surface area contributed by atoms with Gasteiger partial charge in [-0.3, -0.25) is 0 Å². The molecule has 0 nitrogen and oxygen atoms in total. The van der Waals surface area contributed by atoms with Crippen LogP contribution in [0.1, 0.15) is 52.4 Å². The van der Waals surface area contributed by atoms with Crippen molar-refractivity contribution < 1.29 is 0 Å². The highest BCUT2D eigenvalue weighted by Gasteiger charge is 2.20. The maximum Gasteiger partial charge on any atom is 0.0145 e. The van der Waals surface area contributed by atoms with E-state index in [1.54, 1.807) is 0 Å². The summed E-state index contributed by atoms with van der Waals surface area (Å²) in [7, 11) is 0. The van der Waals surface area contributed by atoms with E-state index in [2.05, 4.69) is 29.8 Å². The molecule has 0 aliphatic heterocycles. The lowest BCUT2D eigenvalue weighted by atomic mass is 9.95. The Hall–Kier alpha value is 0.480. The first kappa shape index (κ1) is 10.6. The van der Waals surface area contributed by atoms with E-state index in [0.717, 1.165) is 16.7 Å². The summed E-state index contributed by atoms with van der Waals surface area (Å²) in [6, 6.07) is 0. The molecule has 12 heavy (non-hydrogen) atoms. The Labute approximate surface area is 85.3 Å². The van der Waals surface area contributed by atoms with Crippen LogP contribution in [0.5, 0.6) is 0 Å². The van der Waals surface area contributed by atoms with Crippen LogP contribution in [0.2, 0.25) is 0 Å². The summed E-state index contributed by atoms with van der Waals surface area (Å²) in [6.07, 6.45) is 8.69. The van der Waals surface area contributed by atoms with Crippen molar-refractivity contribution in [2.45, 2.75) is 57.2 Å². The molecule has 72 valence electrons. The zero-order chi connectivity index (χ0) is 8.97. The van der Waals surface area contributed by atoms with Crippen molar-refractivity contribution in [2.75, 3.05) is 0 Å². The molecule has 0 aromatic heterocycles. The predicted octanol–water partition coefficient (Wildman–Crippen LogP) is 4.38. The third kappa shape index (κ3) is 3.08. The maximum atomic E-state index is 3.71. The molecule has 0 spiro atoms. The van der Waals surface area contributed by atoms with Crippen molar-refractivity contribution >= 4 is 15.9 Å². The Morgan fingerprint density at radius 2 is 2.00 bits per heavy atom. The largest absolute Gasteiger partial charge is 0.0891 e. The van der Waals surface area contributed by atoms with E-state index in [0.29, 0.717) is 0 Å². The van der Waals surface area contributed by atoms with Gasteiger partial charge in [0.2, 0.25) is 0 Å². The van der Waals surface area contributed by atoms with Gasteiger partial charge in [-0.2, -0.15) is 0 Å². The first-order valence-electron chi connectivity index (χ1n) is 5.38. The summed E-state index contributed by atoms with van der Waals surface area (Å²) in [4.78, 5) is 0.730. The molecule has 1 rings (SSSR count). The summed E-state index contributed by atoms with van der Waals surface area (Å²) in [5, 5.41) is 0. The quantitative estimate of drug-likeness (QED) is 0.490. The fourth-order valence-electron chi connectivity index (χ4n) is 2.27. The molecule has 0 bridgehead atoms. The van der Waals surface area contributed by atoms with E-state index in [1.165, 1.54) is 38.5 Å². The van der Waals surface area contributed by atoms with Gasteiger partial charge in [0.15, 0.2) is 0 Å². The Balaban J connectivity index is 2.34. The van der Waals surface area contributed by atoms with Gasteiger partial charge in [0.25, 0.3) is 0 Å². The first-order chi connectivity index (χ1) is 5.74. The summed E-state index contributed by atoms with van der Waals surface area (Å²) >= 11 is 3.71. The van der Waals surface area contributed by atoms with Gasteiger partial charge in [0.05, 0.1) is 0 Å². The van der Waals surface area contributed by atoms with Crippen molar-refractivity contribution in [3.8, 4) is 0 Å². The zero-order valence-electron chi connectivity index (χ0n) is 8.35. The fraction of sp³-hybridized carbons (Fsp3) is 1.00. The van der Waals surface area contributed by atoms with Gasteiger partial charge >= 0.3 is 0 Å². The van der Waals surface area contributed by atoms with Gasteiger partial charge in [0.1, 0.15) is 0 Å². The molecular weight excluding hydrogens is 212 g/mol. The molecular formula is C11H21Br. The van der Waals surface area contributed by atoms with Crippen molar-refractivity contribution in [1.82, 2.24) is 0 Å².